The molecule has 1 amide bonds. The zero-order valence-corrected chi connectivity index (χ0v) is 8.36. The minimum absolute atomic E-state index is 0.408. The summed E-state index contributed by atoms with van der Waals surface area (Å²) in [4.78, 5) is 21.5. The maximum absolute atomic E-state index is 10.9. The van der Waals surface area contributed by atoms with Crippen LogP contribution in [0.3, 0.4) is 0 Å². The van der Waals surface area contributed by atoms with Gasteiger partial charge in [0, 0.05) is 0 Å². The number of ether oxygens (including phenoxy) is 1. The summed E-state index contributed by atoms with van der Waals surface area (Å²) in [5.41, 5.74) is 0. The molecular weight excluding hydrogens is 190 g/mol. The number of hydrogen-bond donors (Lipinski definition) is 1. The number of thioether (sulfide) groups is 1. The molecule has 74 valence electrons. The fourth-order valence-electron chi connectivity index (χ4n) is 1.18. The molecule has 0 spiro atoms. The zero-order valence-electron chi connectivity index (χ0n) is 7.54. The minimum atomic E-state index is -0.611. The molecular formula is C8H13NO3S. The molecule has 0 bridgehead atoms. The molecule has 1 atom stereocenters. The van der Waals surface area contributed by atoms with Crippen molar-refractivity contribution in [1.29, 1.82) is 0 Å². The Labute approximate surface area is 81.4 Å². The molecule has 1 saturated heterocycles. The summed E-state index contributed by atoms with van der Waals surface area (Å²) >= 11 is 1.78. The van der Waals surface area contributed by atoms with Gasteiger partial charge in [0.25, 0.3) is 0 Å². The molecule has 1 unspecified atom stereocenters. The van der Waals surface area contributed by atoms with Crippen molar-refractivity contribution in [3.8, 4) is 0 Å². The van der Waals surface area contributed by atoms with E-state index in [1.807, 2.05) is 6.26 Å². The summed E-state index contributed by atoms with van der Waals surface area (Å²) < 4.78 is 4.34. The predicted molar refractivity (Wildman–Crippen MR) is 50.6 cm³/mol. The van der Waals surface area contributed by atoms with Crippen LogP contribution in [-0.2, 0) is 9.53 Å². The highest BCUT2D eigenvalue weighted by molar-refractivity contribution is 7.98. The van der Waals surface area contributed by atoms with E-state index >= 15 is 0 Å². The van der Waals surface area contributed by atoms with E-state index in [9.17, 15) is 9.59 Å². The number of unbranched alkanes of at least 4 members (excludes halogenated alkanes) is 1. The van der Waals surface area contributed by atoms with Crippen LogP contribution < -0.4 is 5.32 Å². The predicted octanol–water partition coefficient (Wildman–Crippen LogP) is 1.15. The van der Waals surface area contributed by atoms with Crippen LogP contribution in [0.1, 0.15) is 19.3 Å². The normalized spacial score (nSPS) is 21.5. The van der Waals surface area contributed by atoms with Crippen molar-refractivity contribution in [2.45, 2.75) is 25.3 Å². The molecule has 1 heterocycles. The molecule has 1 rings (SSSR count). The second kappa shape index (κ2) is 5.11. The van der Waals surface area contributed by atoms with Gasteiger partial charge in [0.2, 0.25) is 0 Å². The minimum Gasteiger partial charge on any atom is -0.375 e. The van der Waals surface area contributed by atoms with Crippen LogP contribution in [0.5, 0.6) is 0 Å². The molecule has 4 nitrogen and oxygen atoms in total. The maximum atomic E-state index is 10.9. The van der Waals surface area contributed by atoms with E-state index in [2.05, 4.69) is 10.1 Å². The first-order chi connectivity index (χ1) is 6.24. The quantitative estimate of drug-likeness (QED) is 0.414. The molecule has 5 heteroatoms. The molecule has 0 saturated carbocycles. The molecule has 1 aliphatic rings. The summed E-state index contributed by atoms with van der Waals surface area (Å²) in [6.45, 7) is 0. The van der Waals surface area contributed by atoms with E-state index in [-0.39, 0.29) is 0 Å². The van der Waals surface area contributed by atoms with Gasteiger partial charge in [-0.3, -0.25) is 0 Å². The molecule has 0 radical (unpaired) electrons. The van der Waals surface area contributed by atoms with Crippen LogP contribution in [0.2, 0.25) is 0 Å². The van der Waals surface area contributed by atoms with Gasteiger partial charge in [-0.15, -0.1) is 0 Å². The lowest BCUT2D eigenvalue weighted by atomic mass is 10.1. The largest absolute Gasteiger partial charge is 0.415 e. The van der Waals surface area contributed by atoms with Crippen molar-refractivity contribution >= 4 is 23.8 Å². The smallest absolute Gasteiger partial charge is 0.375 e. The lowest BCUT2D eigenvalue weighted by Gasteiger charge is -2.03. The number of carbonyl (C=O) groups is 2. The first-order valence-electron chi connectivity index (χ1n) is 4.25. The van der Waals surface area contributed by atoms with Gasteiger partial charge in [-0.2, -0.15) is 11.8 Å². The van der Waals surface area contributed by atoms with Crippen molar-refractivity contribution in [1.82, 2.24) is 5.32 Å². The third kappa shape index (κ3) is 3.26. The summed E-state index contributed by atoms with van der Waals surface area (Å²) in [5.74, 6) is 0.657. The molecule has 1 N–H and O–H groups in total. The van der Waals surface area contributed by atoms with Gasteiger partial charge in [-0.1, -0.05) is 0 Å². The Hall–Kier alpha value is -0.710. The van der Waals surface area contributed by atoms with Crippen molar-refractivity contribution < 1.29 is 14.3 Å². The van der Waals surface area contributed by atoms with Crippen molar-refractivity contribution in [3.05, 3.63) is 0 Å². The molecule has 0 aromatic carbocycles. The Morgan fingerprint density at radius 3 is 2.77 bits per heavy atom. The molecule has 0 aromatic heterocycles. The second-order valence-electron chi connectivity index (χ2n) is 2.89. The lowest BCUT2D eigenvalue weighted by Crippen LogP contribution is -2.28. The molecule has 0 aliphatic carbocycles. The molecule has 1 fully saturated rings. The van der Waals surface area contributed by atoms with Crippen LogP contribution in [0.25, 0.3) is 0 Å². The Morgan fingerprint density at radius 1 is 1.46 bits per heavy atom. The highest BCUT2D eigenvalue weighted by Crippen LogP contribution is 2.10. The SMILES string of the molecule is CSCCCCC1NC(=O)OC1=O. The van der Waals surface area contributed by atoms with Gasteiger partial charge in [0.15, 0.2) is 0 Å². The van der Waals surface area contributed by atoms with E-state index in [0.717, 1.165) is 18.6 Å². The average Bonchev–Trinajstić information content (AvgIpc) is 2.39. The van der Waals surface area contributed by atoms with E-state index in [4.69, 9.17) is 0 Å². The van der Waals surface area contributed by atoms with Gasteiger partial charge >= 0.3 is 12.1 Å². The lowest BCUT2D eigenvalue weighted by molar-refractivity contribution is -0.135. The number of rotatable bonds is 5. The summed E-state index contributed by atoms with van der Waals surface area (Å²) in [7, 11) is 0. The summed E-state index contributed by atoms with van der Waals surface area (Å²) in [5, 5.41) is 2.46. The van der Waals surface area contributed by atoms with Crippen LogP contribution in [-0.4, -0.2) is 30.1 Å². The number of alkyl carbamates (subject to hydrolysis) is 1. The zero-order chi connectivity index (χ0) is 9.68. The van der Waals surface area contributed by atoms with E-state index in [1.54, 1.807) is 11.8 Å². The van der Waals surface area contributed by atoms with E-state index < -0.39 is 18.1 Å². The topological polar surface area (TPSA) is 55.4 Å². The number of hydrogen-bond acceptors (Lipinski definition) is 4. The monoisotopic (exact) mass is 203 g/mol. The van der Waals surface area contributed by atoms with Gasteiger partial charge < -0.3 is 10.1 Å². The van der Waals surface area contributed by atoms with E-state index in [1.165, 1.54) is 0 Å². The molecule has 1 aliphatic heterocycles. The van der Waals surface area contributed by atoms with Crippen LogP contribution in [0.15, 0.2) is 0 Å². The number of esters is 1. The number of cyclic esters (lactones) is 2. The van der Waals surface area contributed by atoms with Crippen molar-refractivity contribution in [3.63, 3.8) is 0 Å². The standard InChI is InChI=1S/C8H13NO3S/c1-13-5-3-2-4-6-7(10)12-8(11)9-6/h6H,2-5H2,1H3,(H,9,11). The Bertz CT molecular complexity index is 208. The Balaban J connectivity index is 2.14. The molecule has 13 heavy (non-hydrogen) atoms. The summed E-state index contributed by atoms with van der Waals surface area (Å²) in [6.07, 6.45) is 4.14. The van der Waals surface area contributed by atoms with Gasteiger partial charge in [-0.25, -0.2) is 9.59 Å². The third-order valence-electron chi connectivity index (χ3n) is 1.86. The van der Waals surface area contributed by atoms with Crippen LogP contribution >= 0.6 is 11.8 Å². The van der Waals surface area contributed by atoms with Crippen molar-refractivity contribution in [2.75, 3.05) is 12.0 Å². The highest BCUT2D eigenvalue weighted by atomic mass is 32.2. The Kier molecular flexibility index (Phi) is 4.08. The number of carbonyl (C=O) groups excluding carboxylic acids is 2. The van der Waals surface area contributed by atoms with Gasteiger partial charge in [-0.05, 0) is 31.3 Å². The Morgan fingerprint density at radius 2 is 2.23 bits per heavy atom. The van der Waals surface area contributed by atoms with Crippen LogP contribution in [0, 0.1) is 0 Å². The maximum Gasteiger partial charge on any atom is 0.415 e. The first-order valence-corrected chi connectivity index (χ1v) is 5.64. The van der Waals surface area contributed by atoms with E-state index in [0.29, 0.717) is 6.42 Å². The van der Waals surface area contributed by atoms with Gasteiger partial charge in [0.05, 0.1) is 0 Å². The average molecular weight is 203 g/mol. The number of amides is 1. The van der Waals surface area contributed by atoms with Crippen molar-refractivity contribution in [2.24, 2.45) is 0 Å². The summed E-state index contributed by atoms with van der Waals surface area (Å²) in [6, 6.07) is -0.408. The highest BCUT2D eigenvalue weighted by Gasteiger charge is 2.31. The first kappa shape index (κ1) is 10.4. The fraction of sp³-hybridized carbons (Fsp3) is 0.750. The fourth-order valence-corrected chi connectivity index (χ4v) is 1.67. The molecule has 0 aromatic rings. The second-order valence-corrected chi connectivity index (χ2v) is 3.88. The third-order valence-corrected chi connectivity index (χ3v) is 2.56. The number of nitrogens with one attached hydrogen (secondary N) is 1. The van der Waals surface area contributed by atoms with Gasteiger partial charge in [0.1, 0.15) is 6.04 Å². The van der Waals surface area contributed by atoms with Crippen LogP contribution in [0.4, 0.5) is 4.79 Å².